The van der Waals surface area contributed by atoms with E-state index >= 15 is 0 Å². The Bertz CT molecular complexity index is 605. The molecule has 1 aromatic rings. The maximum Gasteiger partial charge on any atom is 0.344 e. The van der Waals surface area contributed by atoms with Gasteiger partial charge in [0, 0.05) is 5.02 Å². The molecule has 0 fully saturated rings. The first-order valence-electron chi connectivity index (χ1n) is 7.73. The number of nitrogens with one attached hydrogen (secondary N) is 1. The quantitative estimate of drug-likeness (QED) is 0.667. The Morgan fingerprint density at radius 1 is 1.20 bits per heavy atom. The molecule has 0 saturated heterocycles. The molecule has 1 aromatic carbocycles. The number of hydrogen-bond acceptors (Lipinski definition) is 6. The Hall–Kier alpha value is -2.28. The Kier molecular flexibility index (Phi) is 8.77. The number of esters is 2. The van der Waals surface area contributed by atoms with Crippen LogP contribution in [0.25, 0.3) is 0 Å². The van der Waals surface area contributed by atoms with Crippen molar-refractivity contribution in [2.24, 2.45) is 5.92 Å². The van der Waals surface area contributed by atoms with Crippen molar-refractivity contribution in [1.82, 2.24) is 5.32 Å². The van der Waals surface area contributed by atoms with E-state index in [0.29, 0.717) is 17.2 Å². The van der Waals surface area contributed by atoms with Crippen molar-refractivity contribution in [1.29, 1.82) is 0 Å². The van der Waals surface area contributed by atoms with Crippen LogP contribution in [0.2, 0.25) is 5.02 Å². The topological polar surface area (TPSA) is 90.9 Å². The van der Waals surface area contributed by atoms with E-state index in [-0.39, 0.29) is 12.5 Å². The molecule has 1 amide bonds. The molecule has 0 bridgehead atoms. The molecule has 1 N–H and O–H groups in total. The predicted molar refractivity (Wildman–Crippen MR) is 91.3 cm³/mol. The van der Waals surface area contributed by atoms with Gasteiger partial charge in [0.2, 0.25) is 0 Å². The van der Waals surface area contributed by atoms with Gasteiger partial charge in [-0.15, -0.1) is 0 Å². The smallest absolute Gasteiger partial charge is 0.344 e. The number of benzene rings is 1. The molecular weight excluding hydrogens is 350 g/mol. The van der Waals surface area contributed by atoms with Crippen LogP contribution < -0.4 is 10.1 Å². The van der Waals surface area contributed by atoms with Gasteiger partial charge in [-0.2, -0.15) is 0 Å². The van der Waals surface area contributed by atoms with Gasteiger partial charge < -0.3 is 19.5 Å². The summed E-state index contributed by atoms with van der Waals surface area (Å²) in [5, 5.41) is 2.96. The molecule has 25 heavy (non-hydrogen) atoms. The third kappa shape index (κ3) is 8.39. The number of methoxy groups -OCH3 is 1. The molecule has 0 aromatic heterocycles. The predicted octanol–water partition coefficient (Wildman–Crippen LogP) is 1.97. The summed E-state index contributed by atoms with van der Waals surface area (Å²) in [5.74, 6) is -1.26. The van der Waals surface area contributed by atoms with Gasteiger partial charge in [0.05, 0.1) is 7.11 Å². The van der Waals surface area contributed by atoms with E-state index in [1.807, 2.05) is 13.8 Å². The first-order valence-corrected chi connectivity index (χ1v) is 8.10. The van der Waals surface area contributed by atoms with Crippen LogP contribution in [-0.4, -0.2) is 44.2 Å². The molecule has 1 atom stereocenters. The number of hydrogen-bond donors (Lipinski definition) is 1. The van der Waals surface area contributed by atoms with Crippen LogP contribution in [0.4, 0.5) is 0 Å². The fourth-order valence-electron chi connectivity index (χ4n) is 1.95. The molecule has 0 saturated carbocycles. The van der Waals surface area contributed by atoms with E-state index in [9.17, 15) is 14.4 Å². The molecule has 7 nitrogen and oxygen atoms in total. The molecule has 0 radical (unpaired) electrons. The number of halogens is 1. The molecule has 0 aliphatic heterocycles. The van der Waals surface area contributed by atoms with Gasteiger partial charge in [-0.3, -0.25) is 4.79 Å². The zero-order valence-electron chi connectivity index (χ0n) is 14.4. The van der Waals surface area contributed by atoms with E-state index < -0.39 is 30.5 Å². The summed E-state index contributed by atoms with van der Waals surface area (Å²) in [4.78, 5) is 35.1. The number of ether oxygens (including phenoxy) is 3. The van der Waals surface area contributed by atoms with Crippen LogP contribution in [0.3, 0.4) is 0 Å². The summed E-state index contributed by atoms with van der Waals surface area (Å²) in [5.41, 5.74) is 0. The lowest BCUT2D eigenvalue weighted by molar-refractivity contribution is -0.151. The van der Waals surface area contributed by atoms with Gasteiger partial charge in [0.1, 0.15) is 11.8 Å². The first-order chi connectivity index (χ1) is 11.8. The zero-order chi connectivity index (χ0) is 18.8. The van der Waals surface area contributed by atoms with E-state index in [1.54, 1.807) is 24.3 Å². The van der Waals surface area contributed by atoms with E-state index in [2.05, 4.69) is 10.1 Å². The summed E-state index contributed by atoms with van der Waals surface area (Å²) in [6, 6.07) is 5.76. The lowest BCUT2D eigenvalue weighted by Gasteiger charge is -2.18. The Labute approximate surface area is 151 Å². The fourth-order valence-corrected chi connectivity index (χ4v) is 2.13. The number of rotatable bonds is 9. The maximum atomic E-state index is 11.8. The molecule has 1 rings (SSSR count). The van der Waals surface area contributed by atoms with Crippen molar-refractivity contribution in [2.75, 3.05) is 20.3 Å². The molecule has 0 spiro atoms. The van der Waals surface area contributed by atoms with Gasteiger partial charge >= 0.3 is 11.9 Å². The van der Waals surface area contributed by atoms with Crippen LogP contribution in [-0.2, 0) is 23.9 Å². The second-order valence-corrected chi connectivity index (χ2v) is 6.12. The fraction of sp³-hybridized carbons (Fsp3) is 0.471. The Balaban J connectivity index is 2.38. The Morgan fingerprint density at radius 3 is 2.52 bits per heavy atom. The molecular formula is C17H22ClNO6. The number of amides is 1. The van der Waals surface area contributed by atoms with Crippen molar-refractivity contribution in [3.05, 3.63) is 29.3 Å². The summed E-state index contributed by atoms with van der Waals surface area (Å²) >= 11 is 5.80. The van der Waals surface area contributed by atoms with Crippen molar-refractivity contribution in [3.63, 3.8) is 0 Å². The normalized spacial score (nSPS) is 11.6. The average Bonchev–Trinajstić information content (AvgIpc) is 2.56. The highest BCUT2D eigenvalue weighted by atomic mass is 35.5. The monoisotopic (exact) mass is 371 g/mol. The molecule has 0 aliphatic rings. The van der Waals surface area contributed by atoms with Gasteiger partial charge in [-0.1, -0.05) is 31.5 Å². The molecule has 0 heterocycles. The van der Waals surface area contributed by atoms with E-state index in [4.69, 9.17) is 21.1 Å². The van der Waals surface area contributed by atoms with Crippen molar-refractivity contribution >= 4 is 29.4 Å². The second kappa shape index (κ2) is 10.6. The number of carbonyl (C=O) groups is 3. The summed E-state index contributed by atoms with van der Waals surface area (Å²) in [6.45, 7) is 2.95. The standard InChI is InChI=1S/C17H22ClNO6/c1-11(2)7-14(17(22)23-3)19-15(20)9-25-16(21)10-24-13-6-4-5-12(18)8-13/h4-6,8,11,14H,7,9-10H2,1-3H3,(H,19,20)/t14-/m1/s1. The van der Waals surface area contributed by atoms with Crippen LogP contribution >= 0.6 is 11.6 Å². The van der Waals surface area contributed by atoms with Crippen LogP contribution in [0.15, 0.2) is 24.3 Å². The second-order valence-electron chi connectivity index (χ2n) is 5.68. The van der Waals surface area contributed by atoms with Crippen molar-refractivity contribution in [2.45, 2.75) is 26.3 Å². The number of carbonyl (C=O) groups excluding carboxylic acids is 3. The van der Waals surface area contributed by atoms with Crippen LogP contribution in [0.1, 0.15) is 20.3 Å². The van der Waals surface area contributed by atoms with Crippen LogP contribution in [0, 0.1) is 5.92 Å². The third-order valence-corrected chi connectivity index (χ3v) is 3.28. The van der Waals surface area contributed by atoms with Gasteiger partial charge in [0.25, 0.3) is 5.91 Å². The largest absolute Gasteiger partial charge is 0.482 e. The van der Waals surface area contributed by atoms with Gasteiger partial charge in [-0.25, -0.2) is 9.59 Å². The SMILES string of the molecule is COC(=O)[C@@H](CC(C)C)NC(=O)COC(=O)COc1cccc(Cl)c1. The molecule has 138 valence electrons. The highest BCUT2D eigenvalue weighted by Crippen LogP contribution is 2.16. The maximum absolute atomic E-state index is 11.8. The molecule has 0 unspecified atom stereocenters. The minimum Gasteiger partial charge on any atom is -0.482 e. The van der Waals surface area contributed by atoms with Gasteiger partial charge in [0.15, 0.2) is 13.2 Å². The first kappa shape index (κ1) is 20.8. The molecule has 0 aliphatic carbocycles. The van der Waals surface area contributed by atoms with E-state index in [1.165, 1.54) is 7.11 Å². The Morgan fingerprint density at radius 2 is 1.92 bits per heavy atom. The highest BCUT2D eigenvalue weighted by Gasteiger charge is 2.23. The lowest BCUT2D eigenvalue weighted by atomic mass is 10.0. The highest BCUT2D eigenvalue weighted by molar-refractivity contribution is 6.30. The zero-order valence-corrected chi connectivity index (χ0v) is 15.2. The van der Waals surface area contributed by atoms with Gasteiger partial charge in [-0.05, 0) is 30.5 Å². The van der Waals surface area contributed by atoms with Crippen LogP contribution in [0.5, 0.6) is 5.75 Å². The van der Waals surface area contributed by atoms with E-state index in [0.717, 1.165) is 0 Å². The minimum atomic E-state index is -0.779. The summed E-state index contributed by atoms with van der Waals surface area (Å²) in [7, 11) is 1.25. The average molecular weight is 372 g/mol. The third-order valence-electron chi connectivity index (χ3n) is 3.05. The summed E-state index contributed by atoms with van der Waals surface area (Å²) in [6.07, 6.45) is 0.421. The lowest BCUT2D eigenvalue weighted by Crippen LogP contribution is -2.44. The summed E-state index contributed by atoms with van der Waals surface area (Å²) < 4.78 is 14.7. The molecule has 8 heteroatoms. The minimum absolute atomic E-state index is 0.179. The van der Waals surface area contributed by atoms with Crippen molar-refractivity contribution < 1.29 is 28.6 Å². The van der Waals surface area contributed by atoms with Crippen molar-refractivity contribution in [3.8, 4) is 5.75 Å².